The molecule has 0 heterocycles. The van der Waals surface area contributed by atoms with E-state index in [9.17, 15) is 19.3 Å². The molecule has 0 radical (unpaired) electrons. The van der Waals surface area contributed by atoms with Crippen molar-refractivity contribution in [2.45, 2.75) is 13.0 Å². The Labute approximate surface area is 137 Å². The maximum absolute atomic E-state index is 13.5. The average Bonchev–Trinajstić information content (AvgIpc) is 2.56. The lowest BCUT2D eigenvalue weighted by Gasteiger charge is -2.16. The van der Waals surface area contributed by atoms with Crippen LogP contribution in [0.25, 0.3) is 0 Å². The number of nitrogens with zero attached hydrogens (tertiary/aromatic N) is 1. The molecule has 2 aromatic rings. The van der Waals surface area contributed by atoms with Gasteiger partial charge in [0.1, 0.15) is 5.75 Å². The van der Waals surface area contributed by atoms with E-state index in [2.05, 4.69) is 5.32 Å². The number of hydrogen-bond donors (Lipinski definition) is 1. The van der Waals surface area contributed by atoms with Crippen LogP contribution in [0.2, 0.25) is 0 Å². The first-order valence-electron chi connectivity index (χ1n) is 6.97. The predicted octanol–water partition coefficient (Wildman–Crippen LogP) is 3.15. The fourth-order valence-electron chi connectivity index (χ4n) is 1.92. The summed E-state index contributed by atoms with van der Waals surface area (Å²) in [4.78, 5) is 22.3. The number of anilines is 1. The van der Waals surface area contributed by atoms with Crippen molar-refractivity contribution in [2.75, 3.05) is 12.4 Å². The van der Waals surface area contributed by atoms with Gasteiger partial charge in [-0.05, 0) is 25.1 Å². The summed E-state index contributed by atoms with van der Waals surface area (Å²) >= 11 is 0. The van der Waals surface area contributed by atoms with Gasteiger partial charge in [-0.25, -0.2) is 4.39 Å². The van der Waals surface area contributed by atoms with Gasteiger partial charge in [0.15, 0.2) is 17.7 Å². The number of halogens is 1. The average molecular weight is 334 g/mol. The molecule has 24 heavy (non-hydrogen) atoms. The van der Waals surface area contributed by atoms with Crippen LogP contribution < -0.4 is 14.8 Å². The van der Waals surface area contributed by atoms with Crippen LogP contribution in [-0.4, -0.2) is 24.0 Å². The molecule has 126 valence electrons. The normalized spacial score (nSPS) is 11.5. The number of methoxy groups -OCH3 is 1. The molecule has 0 aliphatic heterocycles. The molecule has 0 aromatic heterocycles. The first-order valence-corrected chi connectivity index (χ1v) is 6.97. The predicted molar refractivity (Wildman–Crippen MR) is 84.8 cm³/mol. The van der Waals surface area contributed by atoms with Gasteiger partial charge in [-0.1, -0.05) is 12.1 Å². The summed E-state index contributed by atoms with van der Waals surface area (Å²) in [5, 5.41) is 13.3. The lowest BCUT2D eigenvalue weighted by Crippen LogP contribution is -2.30. The smallest absolute Gasteiger partial charge is 0.273 e. The number of benzene rings is 2. The lowest BCUT2D eigenvalue weighted by atomic mass is 10.2. The maximum Gasteiger partial charge on any atom is 0.273 e. The van der Waals surface area contributed by atoms with E-state index < -0.39 is 22.8 Å². The molecule has 7 nitrogen and oxygen atoms in total. The highest BCUT2D eigenvalue weighted by Crippen LogP contribution is 2.29. The topological polar surface area (TPSA) is 90.7 Å². The van der Waals surface area contributed by atoms with Crippen molar-refractivity contribution in [3.63, 3.8) is 0 Å². The molecular weight excluding hydrogens is 319 g/mol. The Hall–Kier alpha value is -3.16. The van der Waals surface area contributed by atoms with Crippen LogP contribution in [0.3, 0.4) is 0 Å². The molecule has 0 unspecified atom stereocenters. The van der Waals surface area contributed by atoms with Crippen LogP contribution in [0.4, 0.5) is 15.8 Å². The third-order valence-corrected chi connectivity index (χ3v) is 3.16. The van der Waals surface area contributed by atoms with Crippen molar-refractivity contribution in [1.82, 2.24) is 0 Å². The van der Waals surface area contributed by atoms with E-state index in [1.807, 2.05) is 0 Å². The quantitative estimate of drug-likeness (QED) is 0.647. The minimum absolute atomic E-state index is 0.0455. The van der Waals surface area contributed by atoms with Crippen molar-refractivity contribution in [3.05, 3.63) is 58.4 Å². The molecule has 0 fully saturated rings. The zero-order chi connectivity index (χ0) is 17.7. The van der Waals surface area contributed by atoms with E-state index in [0.717, 1.165) is 0 Å². The summed E-state index contributed by atoms with van der Waals surface area (Å²) in [6.45, 7) is 1.46. The van der Waals surface area contributed by atoms with Gasteiger partial charge in [-0.2, -0.15) is 0 Å². The second-order valence-corrected chi connectivity index (χ2v) is 4.82. The van der Waals surface area contributed by atoms with Gasteiger partial charge < -0.3 is 14.8 Å². The molecule has 0 bridgehead atoms. The van der Waals surface area contributed by atoms with Gasteiger partial charge in [-0.3, -0.25) is 14.9 Å². The van der Waals surface area contributed by atoms with Crippen LogP contribution in [0.5, 0.6) is 11.5 Å². The highest BCUT2D eigenvalue weighted by molar-refractivity contribution is 5.95. The molecule has 8 heteroatoms. The third kappa shape index (κ3) is 3.97. The van der Waals surface area contributed by atoms with E-state index in [-0.39, 0.29) is 22.9 Å². The highest BCUT2D eigenvalue weighted by Gasteiger charge is 2.19. The summed E-state index contributed by atoms with van der Waals surface area (Å²) in [5.41, 5.74) is 0.0811. The Bertz CT molecular complexity index is 766. The number of ether oxygens (including phenoxy) is 2. The number of amides is 1. The summed E-state index contributed by atoms with van der Waals surface area (Å²) in [6.07, 6.45) is -0.984. The molecule has 2 rings (SSSR count). The van der Waals surface area contributed by atoms with E-state index in [1.54, 1.807) is 6.07 Å². The van der Waals surface area contributed by atoms with Crippen molar-refractivity contribution >= 4 is 17.3 Å². The SMILES string of the molecule is COc1cc([N+](=O)[O-])ccc1NC(=O)[C@H](C)Oc1ccccc1F. The van der Waals surface area contributed by atoms with Crippen LogP contribution >= 0.6 is 0 Å². The van der Waals surface area contributed by atoms with Crippen molar-refractivity contribution < 1.29 is 23.6 Å². The standard InChI is InChI=1S/C16H15FN2O5/c1-10(24-14-6-4-3-5-12(14)17)16(20)18-13-8-7-11(19(21)22)9-15(13)23-2/h3-10H,1-2H3,(H,18,20)/t10-/m0/s1. The van der Waals surface area contributed by atoms with Crippen LogP contribution in [0.15, 0.2) is 42.5 Å². The molecule has 0 saturated heterocycles. The monoisotopic (exact) mass is 334 g/mol. The Morgan fingerprint density at radius 1 is 1.25 bits per heavy atom. The third-order valence-electron chi connectivity index (χ3n) is 3.16. The van der Waals surface area contributed by atoms with Crippen molar-refractivity contribution in [2.24, 2.45) is 0 Å². The Morgan fingerprint density at radius 3 is 2.58 bits per heavy atom. The number of nitrogens with one attached hydrogen (secondary N) is 1. The van der Waals surface area contributed by atoms with E-state index >= 15 is 0 Å². The molecule has 1 atom stereocenters. The molecule has 1 amide bonds. The van der Waals surface area contributed by atoms with Gasteiger partial charge in [0, 0.05) is 6.07 Å². The molecule has 0 spiro atoms. The Balaban J connectivity index is 2.11. The molecule has 2 aromatic carbocycles. The fraction of sp³-hybridized carbons (Fsp3) is 0.188. The van der Waals surface area contributed by atoms with Crippen LogP contribution in [-0.2, 0) is 4.79 Å². The minimum atomic E-state index is -0.984. The number of nitro benzene ring substituents is 1. The Morgan fingerprint density at radius 2 is 1.96 bits per heavy atom. The summed E-state index contributed by atoms with van der Waals surface area (Å²) < 4.78 is 23.9. The van der Waals surface area contributed by atoms with Crippen LogP contribution in [0.1, 0.15) is 6.92 Å². The number of para-hydroxylation sites is 1. The summed E-state index contributed by atoms with van der Waals surface area (Å²) in [6, 6.07) is 9.51. The second kappa shape index (κ2) is 7.40. The van der Waals surface area contributed by atoms with E-state index in [4.69, 9.17) is 9.47 Å². The maximum atomic E-state index is 13.5. The molecule has 0 aliphatic carbocycles. The van der Waals surface area contributed by atoms with Crippen LogP contribution in [0, 0.1) is 15.9 Å². The summed E-state index contributed by atoms with van der Waals surface area (Å²) in [5.74, 6) is -1.04. The van der Waals surface area contributed by atoms with E-state index in [1.165, 1.54) is 50.4 Å². The highest BCUT2D eigenvalue weighted by atomic mass is 19.1. The Kier molecular flexibility index (Phi) is 5.31. The zero-order valence-corrected chi connectivity index (χ0v) is 13.0. The second-order valence-electron chi connectivity index (χ2n) is 4.82. The number of carbonyl (C=O) groups is 1. The number of carbonyl (C=O) groups excluding carboxylic acids is 1. The molecule has 0 aliphatic rings. The van der Waals surface area contributed by atoms with Gasteiger partial charge >= 0.3 is 0 Å². The molecule has 0 saturated carbocycles. The zero-order valence-electron chi connectivity index (χ0n) is 13.0. The van der Waals surface area contributed by atoms with Crippen molar-refractivity contribution in [1.29, 1.82) is 0 Å². The van der Waals surface area contributed by atoms with Gasteiger partial charge in [0.2, 0.25) is 0 Å². The van der Waals surface area contributed by atoms with Gasteiger partial charge in [0.05, 0.1) is 23.8 Å². The van der Waals surface area contributed by atoms with E-state index in [0.29, 0.717) is 0 Å². The van der Waals surface area contributed by atoms with Crippen molar-refractivity contribution in [3.8, 4) is 11.5 Å². The lowest BCUT2D eigenvalue weighted by molar-refractivity contribution is -0.384. The first kappa shape index (κ1) is 17.2. The first-order chi connectivity index (χ1) is 11.4. The molecular formula is C16H15FN2O5. The van der Waals surface area contributed by atoms with Gasteiger partial charge in [0.25, 0.3) is 11.6 Å². The largest absolute Gasteiger partial charge is 0.494 e. The number of non-ortho nitro benzene ring substituents is 1. The molecule has 1 N–H and O–H groups in total. The number of hydrogen-bond acceptors (Lipinski definition) is 5. The van der Waals surface area contributed by atoms with Gasteiger partial charge in [-0.15, -0.1) is 0 Å². The fourth-order valence-corrected chi connectivity index (χ4v) is 1.92. The summed E-state index contributed by atoms with van der Waals surface area (Å²) in [7, 11) is 1.33. The number of rotatable bonds is 6. The minimum Gasteiger partial charge on any atom is -0.494 e. The number of nitro groups is 1.